The lowest BCUT2D eigenvalue weighted by Crippen LogP contribution is -2.28. The Hall–Kier alpha value is -2.48. The number of halogens is 2. The minimum atomic E-state index is -3.38. The normalized spacial score (nSPS) is 19.4. The number of nitrogens with one attached hydrogen (secondary N) is 2. The highest BCUT2D eigenvalue weighted by Gasteiger charge is 2.45. The van der Waals surface area contributed by atoms with E-state index >= 15 is 0 Å². The summed E-state index contributed by atoms with van der Waals surface area (Å²) in [7, 11) is -3.38. The van der Waals surface area contributed by atoms with Crippen molar-refractivity contribution in [2.75, 3.05) is 11.0 Å². The molecule has 1 saturated carbocycles. The van der Waals surface area contributed by atoms with Crippen LogP contribution in [-0.2, 0) is 20.2 Å². The summed E-state index contributed by atoms with van der Waals surface area (Å²) < 4.78 is 54.4. The highest BCUT2D eigenvalue weighted by molar-refractivity contribution is 7.92. The van der Waals surface area contributed by atoms with E-state index < -0.39 is 27.1 Å². The molecule has 0 heterocycles. The Labute approximate surface area is 188 Å². The summed E-state index contributed by atoms with van der Waals surface area (Å²) in [5.41, 5.74) is 1.97. The first kappa shape index (κ1) is 24.2. The van der Waals surface area contributed by atoms with Crippen LogP contribution in [0.1, 0.15) is 68.3 Å². The fourth-order valence-electron chi connectivity index (χ4n) is 4.05. The Morgan fingerprint density at radius 1 is 1.12 bits per heavy atom. The van der Waals surface area contributed by atoms with Crippen LogP contribution in [0.3, 0.4) is 0 Å². The second-order valence-corrected chi connectivity index (χ2v) is 11.5. The summed E-state index contributed by atoms with van der Waals surface area (Å²) in [6.07, 6.45) is 1.63. The van der Waals surface area contributed by atoms with Crippen molar-refractivity contribution in [2.24, 2.45) is 5.92 Å². The quantitative estimate of drug-likeness (QED) is 0.637. The summed E-state index contributed by atoms with van der Waals surface area (Å²) in [5.74, 6) is -1.86. The standard InChI is InChI=1S/C24H30F2N2O3S/c1-13-9-15(7-8-21(13)28-32(6,30)31)14(2)27-23(29)18-12-17(18)16-10-19(25)22(20(26)11-16)24(3,4)5/h7-11,14,17-18,28H,12H2,1-6H3,(H,27,29)/t14-,17-,18+/m1/s1. The van der Waals surface area contributed by atoms with Gasteiger partial charge in [0.15, 0.2) is 0 Å². The van der Waals surface area contributed by atoms with Gasteiger partial charge >= 0.3 is 0 Å². The number of hydrogen-bond acceptors (Lipinski definition) is 3. The summed E-state index contributed by atoms with van der Waals surface area (Å²) in [4.78, 5) is 12.7. The van der Waals surface area contributed by atoms with Crippen LogP contribution in [0.4, 0.5) is 14.5 Å². The molecule has 0 saturated heterocycles. The SMILES string of the molecule is Cc1cc([C@@H](C)NC(=O)[C@H]2C[C@@H]2c2cc(F)c(C(C)(C)C)c(F)c2)ccc1NS(C)(=O)=O. The lowest BCUT2D eigenvalue weighted by atomic mass is 9.85. The molecule has 5 nitrogen and oxygen atoms in total. The molecule has 3 atom stereocenters. The summed E-state index contributed by atoms with van der Waals surface area (Å²) in [6, 6.07) is 7.64. The molecule has 1 aliphatic rings. The molecule has 0 spiro atoms. The van der Waals surface area contributed by atoms with Crippen LogP contribution in [0.15, 0.2) is 30.3 Å². The van der Waals surface area contributed by atoms with Crippen LogP contribution in [0.5, 0.6) is 0 Å². The van der Waals surface area contributed by atoms with Crippen LogP contribution < -0.4 is 10.0 Å². The molecular weight excluding hydrogens is 434 g/mol. The minimum absolute atomic E-state index is 0.0562. The predicted molar refractivity (Wildman–Crippen MR) is 122 cm³/mol. The van der Waals surface area contributed by atoms with Gasteiger partial charge in [0.2, 0.25) is 15.9 Å². The van der Waals surface area contributed by atoms with Crippen molar-refractivity contribution in [3.63, 3.8) is 0 Å². The van der Waals surface area contributed by atoms with Gasteiger partial charge in [0, 0.05) is 11.5 Å². The van der Waals surface area contributed by atoms with Gasteiger partial charge in [-0.3, -0.25) is 9.52 Å². The van der Waals surface area contributed by atoms with Gasteiger partial charge in [0.1, 0.15) is 11.6 Å². The Morgan fingerprint density at radius 3 is 2.22 bits per heavy atom. The van der Waals surface area contributed by atoms with E-state index in [1.54, 1.807) is 39.8 Å². The van der Waals surface area contributed by atoms with Gasteiger partial charge in [-0.25, -0.2) is 17.2 Å². The molecule has 1 aliphatic carbocycles. The fraction of sp³-hybridized carbons (Fsp3) is 0.458. The molecule has 0 bridgehead atoms. The molecule has 2 N–H and O–H groups in total. The van der Waals surface area contributed by atoms with E-state index in [9.17, 15) is 22.0 Å². The monoisotopic (exact) mass is 464 g/mol. The molecule has 0 unspecified atom stereocenters. The van der Waals surface area contributed by atoms with Crippen molar-refractivity contribution in [3.05, 3.63) is 64.2 Å². The van der Waals surface area contributed by atoms with Crippen LogP contribution in [-0.4, -0.2) is 20.6 Å². The van der Waals surface area contributed by atoms with Crippen LogP contribution in [0.2, 0.25) is 0 Å². The van der Waals surface area contributed by atoms with E-state index in [1.165, 1.54) is 12.1 Å². The number of amides is 1. The average molecular weight is 465 g/mol. The van der Waals surface area contributed by atoms with Crippen molar-refractivity contribution < 1.29 is 22.0 Å². The maximum Gasteiger partial charge on any atom is 0.229 e. The number of carbonyl (C=O) groups excluding carboxylic acids is 1. The number of benzene rings is 2. The smallest absolute Gasteiger partial charge is 0.229 e. The number of aryl methyl sites for hydroxylation is 1. The van der Waals surface area contributed by atoms with E-state index in [0.29, 0.717) is 17.7 Å². The zero-order chi connectivity index (χ0) is 24.0. The van der Waals surface area contributed by atoms with Crippen molar-refractivity contribution in [2.45, 2.75) is 58.4 Å². The summed E-state index contributed by atoms with van der Waals surface area (Å²) in [5, 5.41) is 2.95. The Bertz CT molecular complexity index is 1130. The van der Waals surface area contributed by atoms with Crippen molar-refractivity contribution in [1.82, 2.24) is 5.32 Å². The highest BCUT2D eigenvalue weighted by atomic mass is 32.2. The van der Waals surface area contributed by atoms with Gasteiger partial charge < -0.3 is 5.32 Å². The Balaban J connectivity index is 1.67. The molecule has 174 valence electrons. The van der Waals surface area contributed by atoms with Gasteiger partial charge in [0.25, 0.3) is 0 Å². The maximum absolute atomic E-state index is 14.5. The number of anilines is 1. The van der Waals surface area contributed by atoms with E-state index in [-0.39, 0.29) is 29.3 Å². The molecule has 1 fully saturated rings. The number of rotatable bonds is 6. The van der Waals surface area contributed by atoms with Crippen molar-refractivity contribution in [3.8, 4) is 0 Å². The summed E-state index contributed by atoms with van der Waals surface area (Å²) >= 11 is 0. The number of hydrogen-bond donors (Lipinski definition) is 2. The van der Waals surface area contributed by atoms with Crippen LogP contribution in [0.25, 0.3) is 0 Å². The molecule has 0 radical (unpaired) electrons. The second-order valence-electron chi connectivity index (χ2n) is 9.74. The second kappa shape index (κ2) is 8.46. The third-order valence-corrected chi connectivity index (χ3v) is 6.37. The predicted octanol–water partition coefficient (Wildman–Crippen LogP) is 4.92. The van der Waals surface area contributed by atoms with Gasteiger partial charge in [0.05, 0.1) is 18.0 Å². The summed E-state index contributed by atoms with van der Waals surface area (Å²) in [6.45, 7) is 8.90. The first-order valence-electron chi connectivity index (χ1n) is 10.6. The van der Waals surface area contributed by atoms with Gasteiger partial charge in [-0.05, 0) is 66.5 Å². The van der Waals surface area contributed by atoms with Crippen LogP contribution in [0, 0.1) is 24.5 Å². The minimum Gasteiger partial charge on any atom is -0.349 e. The van der Waals surface area contributed by atoms with Gasteiger partial charge in [-0.2, -0.15) is 0 Å². The lowest BCUT2D eigenvalue weighted by Gasteiger charge is -2.21. The van der Waals surface area contributed by atoms with E-state index in [0.717, 1.165) is 17.4 Å². The average Bonchev–Trinajstić information content (AvgIpc) is 3.41. The third-order valence-electron chi connectivity index (χ3n) is 5.77. The largest absolute Gasteiger partial charge is 0.349 e. The molecule has 2 aromatic rings. The van der Waals surface area contributed by atoms with E-state index in [2.05, 4.69) is 10.0 Å². The molecule has 32 heavy (non-hydrogen) atoms. The van der Waals surface area contributed by atoms with Crippen molar-refractivity contribution in [1.29, 1.82) is 0 Å². The molecule has 0 aromatic heterocycles. The number of sulfonamides is 1. The molecular formula is C24H30F2N2O3S. The molecule has 3 rings (SSSR count). The lowest BCUT2D eigenvalue weighted by molar-refractivity contribution is -0.123. The van der Waals surface area contributed by atoms with Crippen molar-refractivity contribution >= 4 is 21.6 Å². The topological polar surface area (TPSA) is 75.3 Å². The first-order valence-corrected chi connectivity index (χ1v) is 12.4. The van der Waals surface area contributed by atoms with E-state index in [1.807, 2.05) is 13.0 Å². The van der Waals surface area contributed by atoms with Gasteiger partial charge in [-0.15, -0.1) is 0 Å². The highest BCUT2D eigenvalue weighted by Crippen LogP contribution is 2.48. The van der Waals surface area contributed by atoms with E-state index in [4.69, 9.17) is 0 Å². The fourth-order valence-corrected chi connectivity index (χ4v) is 4.68. The molecule has 1 amide bonds. The third kappa shape index (κ3) is 5.46. The zero-order valence-corrected chi connectivity index (χ0v) is 20.0. The molecule has 2 aromatic carbocycles. The molecule has 0 aliphatic heterocycles. The Kier molecular flexibility index (Phi) is 6.39. The molecule has 8 heteroatoms. The maximum atomic E-state index is 14.5. The van der Waals surface area contributed by atoms with Gasteiger partial charge in [-0.1, -0.05) is 32.9 Å². The zero-order valence-electron chi connectivity index (χ0n) is 19.2. The number of carbonyl (C=O) groups is 1. The first-order chi connectivity index (χ1) is 14.7. The van der Waals surface area contributed by atoms with Crippen LogP contribution >= 0.6 is 0 Å². The Morgan fingerprint density at radius 2 is 1.72 bits per heavy atom.